The Balaban J connectivity index is 1.92. The second kappa shape index (κ2) is 6.34. The monoisotopic (exact) mass is 317 g/mol. The van der Waals surface area contributed by atoms with Gasteiger partial charge < -0.3 is 9.84 Å². The number of aromatic nitrogens is 3. The first kappa shape index (κ1) is 14.8. The maximum absolute atomic E-state index is 9.43. The van der Waals surface area contributed by atoms with Crippen molar-refractivity contribution in [3.05, 3.63) is 53.3 Å². The second-order valence-corrected chi connectivity index (χ2v) is 5.57. The molecule has 0 aliphatic carbocycles. The standard InChI is InChI=1S/C16H16ClN3O2/c1-11(21)2-5-13-10-16(20-15(19-13)8-9-18-20)22-14-6-3-12(17)4-7-14/h3-4,6-11,21H,2,5H2,1H3. The van der Waals surface area contributed by atoms with Crippen molar-refractivity contribution in [1.29, 1.82) is 0 Å². The number of hydrogen-bond donors (Lipinski definition) is 1. The van der Waals surface area contributed by atoms with Gasteiger partial charge in [0, 0.05) is 22.8 Å². The van der Waals surface area contributed by atoms with Crippen LogP contribution in [0.25, 0.3) is 5.65 Å². The summed E-state index contributed by atoms with van der Waals surface area (Å²) in [5.41, 5.74) is 1.57. The zero-order valence-electron chi connectivity index (χ0n) is 12.1. The summed E-state index contributed by atoms with van der Waals surface area (Å²) in [7, 11) is 0. The molecule has 0 fully saturated rings. The van der Waals surface area contributed by atoms with E-state index in [1.807, 2.05) is 12.1 Å². The highest BCUT2D eigenvalue weighted by molar-refractivity contribution is 6.30. The van der Waals surface area contributed by atoms with E-state index >= 15 is 0 Å². The van der Waals surface area contributed by atoms with Crippen LogP contribution in [0.4, 0.5) is 0 Å². The number of fused-ring (bicyclic) bond motifs is 1. The fourth-order valence-electron chi connectivity index (χ4n) is 2.11. The van der Waals surface area contributed by atoms with Gasteiger partial charge in [0.15, 0.2) is 5.65 Å². The highest BCUT2D eigenvalue weighted by Crippen LogP contribution is 2.24. The normalized spacial score (nSPS) is 12.5. The molecule has 2 heterocycles. The molecule has 0 radical (unpaired) electrons. The summed E-state index contributed by atoms with van der Waals surface area (Å²) in [5, 5.41) is 14.3. The minimum atomic E-state index is -0.358. The van der Waals surface area contributed by atoms with Gasteiger partial charge in [-0.1, -0.05) is 11.6 Å². The Bertz CT molecular complexity index is 769. The molecule has 0 bridgehead atoms. The highest BCUT2D eigenvalue weighted by Gasteiger charge is 2.09. The molecule has 3 rings (SSSR count). The lowest BCUT2D eigenvalue weighted by molar-refractivity contribution is 0.184. The third-order valence-corrected chi connectivity index (χ3v) is 3.49. The van der Waals surface area contributed by atoms with Crippen molar-refractivity contribution in [1.82, 2.24) is 14.6 Å². The Morgan fingerprint density at radius 3 is 2.77 bits per heavy atom. The van der Waals surface area contributed by atoms with E-state index in [1.54, 1.807) is 41.9 Å². The lowest BCUT2D eigenvalue weighted by atomic mass is 10.1. The summed E-state index contributed by atoms with van der Waals surface area (Å²) in [5.74, 6) is 1.26. The molecule has 1 atom stereocenters. The van der Waals surface area contributed by atoms with Crippen molar-refractivity contribution in [3.8, 4) is 11.6 Å². The summed E-state index contributed by atoms with van der Waals surface area (Å²) in [6.07, 6.45) is 2.65. The number of aliphatic hydroxyl groups excluding tert-OH is 1. The smallest absolute Gasteiger partial charge is 0.224 e. The van der Waals surface area contributed by atoms with Gasteiger partial charge in [0.2, 0.25) is 5.88 Å². The van der Waals surface area contributed by atoms with Crippen molar-refractivity contribution < 1.29 is 9.84 Å². The number of hydrogen-bond acceptors (Lipinski definition) is 4. The molecule has 1 unspecified atom stereocenters. The van der Waals surface area contributed by atoms with E-state index in [0.29, 0.717) is 35.1 Å². The van der Waals surface area contributed by atoms with Crippen molar-refractivity contribution in [3.63, 3.8) is 0 Å². The summed E-state index contributed by atoms with van der Waals surface area (Å²) in [6.45, 7) is 1.77. The average Bonchev–Trinajstić information content (AvgIpc) is 2.96. The first-order valence-electron chi connectivity index (χ1n) is 7.07. The van der Waals surface area contributed by atoms with Gasteiger partial charge in [-0.05, 0) is 44.0 Å². The quantitative estimate of drug-likeness (QED) is 0.782. The number of nitrogens with zero attached hydrogens (tertiary/aromatic N) is 3. The largest absolute Gasteiger partial charge is 0.439 e. The van der Waals surface area contributed by atoms with Crippen LogP contribution in [0.15, 0.2) is 42.6 Å². The predicted molar refractivity (Wildman–Crippen MR) is 84.5 cm³/mol. The van der Waals surface area contributed by atoms with Gasteiger partial charge in [-0.15, -0.1) is 0 Å². The third-order valence-electron chi connectivity index (χ3n) is 3.23. The van der Waals surface area contributed by atoms with E-state index in [4.69, 9.17) is 16.3 Å². The number of aryl methyl sites for hydroxylation is 1. The Morgan fingerprint density at radius 2 is 2.05 bits per heavy atom. The first-order valence-corrected chi connectivity index (χ1v) is 7.45. The zero-order valence-corrected chi connectivity index (χ0v) is 12.9. The van der Waals surface area contributed by atoms with Crippen LogP contribution in [0.1, 0.15) is 19.0 Å². The Morgan fingerprint density at radius 1 is 1.27 bits per heavy atom. The predicted octanol–water partition coefficient (Wildman–Crippen LogP) is 3.49. The molecule has 114 valence electrons. The van der Waals surface area contributed by atoms with E-state index < -0.39 is 0 Å². The van der Waals surface area contributed by atoms with Crippen LogP contribution >= 0.6 is 11.6 Å². The molecular weight excluding hydrogens is 302 g/mol. The lowest BCUT2D eigenvalue weighted by Gasteiger charge is -2.10. The summed E-state index contributed by atoms with van der Waals surface area (Å²) < 4.78 is 7.53. The topological polar surface area (TPSA) is 59.7 Å². The minimum absolute atomic E-state index is 0.358. The molecule has 0 aliphatic heterocycles. The first-order chi connectivity index (χ1) is 10.6. The van der Waals surface area contributed by atoms with Crippen LogP contribution in [0.3, 0.4) is 0 Å². The van der Waals surface area contributed by atoms with Crippen molar-refractivity contribution in [2.24, 2.45) is 0 Å². The molecule has 0 aliphatic rings. The van der Waals surface area contributed by atoms with Crippen molar-refractivity contribution in [2.75, 3.05) is 0 Å². The molecule has 0 saturated carbocycles. The van der Waals surface area contributed by atoms with E-state index in [2.05, 4.69) is 10.1 Å². The Hall–Kier alpha value is -2.11. The molecule has 6 heteroatoms. The molecule has 5 nitrogen and oxygen atoms in total. The molecular formula is C16H16ClN3O2. The minimum Gasteiger partial charge on any atom is -0.439 e. The number of benzene rings is 1. The van der Waals surface area contributed by atoms with Gasteiger partial charge in [-0.25, -0.2) is 4.98 Å². The van der Waals surface area contributed by atoms with Crippen LogP contribution in [0.5, 0.6) is 11.6 Å². The molecule has 1 N–H and O–H groups in total. The maximum atomic E-state index is 9.43. The average molecular weight is 318 g/mol. The van der Waals surface area contributed by atoms with Gasteiger partial charge in [-0.2, -0.15) is 9.61 Å². The molecule has 0 spiro atoms. The highest BCUT2D eigenvalue weighted by atomic mass is 35.5. The van der Waals surface area contributed by atoms with E-state index in [1.165, 1.54) is 0 Å². The SMILES string of the molecule is CC(O)CCc1cc(Oc2ccc(Cl)cc2)n2nccc2n1. The van der Waals surface area contributed by atoms with E-state index in [-0.39, 0.29) is 6.10 Å². The van der Waals surface area contributed by atoms with Crippen LogP contribution in [0.2, 0.25) is 5.02 Å². The molecule has 1 aromatic carbocycles. The lowest BCUT2D eigenvalue weighted by Crippen LogP contribution is -2.05. The third kappa shape index (κ3) is 3.37. The van der Waals surface area contributed by atoms with Gasteiger partial charge in [0.25, 0.3) is 0 Å². The molecule has 0 amide bonds. The fraction of sp³-hybridized carbons (Fsp3) is 0.250. The van der Waals surface area contributed by atoms with E-state index in [9.17, 15) is 5.11 Å². The fourth-order valence-corrected chi connectivity index (χ4v) is 2.24. The van der Waals surface area contributed by atoms with Crippen LogP contribution in [-0.2, 0) is 6.42 Å². The molecule has 0 saturated heterocycles. The molecule has 22 heavy (non-hydrogen) atoms. The maximum Gasteiger partial charge on any atom is 0.224 e. The van der Waals surface area contributed by atoms with Crippen LogP contribution in [-0.4, -0.2) is 25.8 Å². The van der Waals surface area contributed by atoms with Gasteiger partial charge in [0.05, 0.1) is 12.3 Å². The Labute approximate surface area is 133 Å². The zero-order chi connectivity index (χ0) is 15.5. The number of ether oxygens (including phenoxy) is 1. The van der Waals surface area contributed by atoms with Crippen LogP contribution in [0, 0.1) is 0 Å². The number of halogens is 1. The number of rotatable bonds is 5. The van der Waals surface area contributed by atoms with E-state index in [0.717, 1.165) is 5.69 Å². The summed E-state index contributed by atoms with van der Waals surface area (Å²) in [6, 6.07) is 10.8. The van der Waals surface area contributed by atoms with Crippen molar-refractivity contribution in [2.45, 2.75) is 25.9 Å². The summed E-state index contributed by atoms with van der Waals surface area (Å²) in [4.78, 5) is 4.51. The van der Waals surface area contributed by atoms with Gasteiger partial charge in [-0.3, -0.25) is 0 Å². The van der Waals surface area contributed by atoms with Gasteiger partial charge >= 0.3 is 0 Å². The van der Waals surface area contributed by atoms with Crippen LogP contribution < -0.4 is 4.74 Å². The second-order valence-electron chi connectivity index (χ2n) is 5.13. The Kier molecular flexibility index (Phi) is 4.27. The van der Waals surface area contributed by atoms with Crippen molar-refractivity contribution >= 4 is 17.2 Å². The molecule has 2 aromatic heterocycles. The number of aliphatic hydroxyl groups is 1. The van der Waals surface area contributed by atoms with Gasteiger partial charge in [0.1, 0.15) is 5.75 Å². The summed E-state index contributed by atoms with van der Waals surface area (Å²) >= 11 is 5.88. The molecule has 3 aromatic rings.